The quantitative estimate of drug-likeness (QED) is 0.634. The van der Waals surface area contributed by atoms with Gasteiger partial charge in [0, 0.05) is 36.2 Å². The first-order valence-electron chi connectivity index (χ1n) is 7.53. The lowest BCUT2D eigenvalue weighted by Crippen LogP contribution is -2.69. The Hall–Kier alpha value is -0.850. The number of nitrogens with zero attached hydrogens (tertiary/aromatic N) is 1. The van der Waals surface area contributed by atoms with Crippen LogP contribution in [-0.2, 0) is 4.74 Å². The van der Waals surface area contributed by atoms with Crippen molar-refractivity contribution < 1.29 is 9.47 Å². The van der Waals surface area contributed by atoms with Crippen LogP contribution in [0.1, 0.15) is 31.9 Å². The number of benzene rings is 1. The Morgan fingerprint density at radius 3 is 3.00 bits per heavy atom. The van der Waals surface area contributed by atoms with Gasteiger partial charge in [-0.25, -0.2) is 0 Å². The molecule has 120 valence electrons. The Kier molecular flexibility index (Phi) is 4.36. The van der Waals surface area contributed by atoms with Gasteiger partial charge in [0.15, 0.2) is 10.8 Å². The van der Waals surface area contributed by atoms with Crippen LogP contribution in [-0.4, -0.2) is 36.0 Å². The van der Waals surface area contributed by atoms with Gasteiger partial charge in [0.1, 0.15) is 5.75 Å². The van der Waals surface area contributed by atoms with Crippen LogP contribution in [0.4, 0.5) is 0 Å². The molecule has 1 aromatic carbocycles. The lowest BCUT2D eigenvalue weighted by atomic mass is 9.81. The number of halogens is 1. The summed E-state index contributed by atoms with van der Waals surface area (Å²) in [4.78, 5) is 2.16. The second kappa shape index (κ2) is 5.98. The van der Waals surface area contributed by atoms with Crippen LogP contribution in [0, 0.1) is 5.92 Å². The lowest BCUT2D eigenvalue weighted by molar-refractivity contribution is -0.111. The van der Waals surface area contributed by atoms with E-state index in [1.54, 1.807) is 7.11 Å². The summed E-state index contributed by atoms with van der Waals surface area (Å²) in [7, 11) is 1.72. The summed E-state index contributed by atoms with van der Waals surface area (Å²) in [5.74, 6) is 1.21. The summed E-state index contributed by atoms with van der Waals surface area (Å²) in [6.07, 6.45) is 0.919. The van der Waals surface area contributed by atoms with E-state index in [2.05, 4.69) is 46.1 Å². The zero-order chi connectivity index (χ0) is 15.9. The second-order valence-electron chi connectivity index (χ2n) is 6.05. The van der Waals surface area contributed by atoms with Gasteiger partial charge < -0.3 is 19.7 Å². The molecular formula is C16H21BrN2O2S. The molecule has 0 aliphatic carbocycles. The number of methoxy groups -OCH3 is 1. The fourth-order valence-corrected chi connectivity index (χ4v) is 4.13. The van der Waals surface area contributed by atoms with Crippen molar-refractivity contribution in [3.05, 3.63) is 28.2 Å². The summed E-state index contributed by atoms with van der Waals surface area (Å²) in [5.41, 5.74) is 0.736. The molecule has 4 nitrogen and oxygen atoms in total. The van der Waals surface area contributed by atoms with Crippen LogP contribution in [0.5, 0.6) is 5.75 Å². The highest BCUT2D eigenvalue weighted by Gasteiger charge is 2.52. The first-order chi connectivity index (χ1) is 10.5. The number of hydrogen-bond donors (Lipinski definition) is 1. The van der Waals surface area contributed by atoms with Gasteiger partial charge in [-0.05, 0) is 43.8 Å². The van der Waals surface area contributed by atoms with Crippen molar-refractivity contribution in [2.75, 3.05) is 20.3 Å². The summed E-state index contributed by atoms with van der Waals surface area (Å²) in [6.45, 7) is 5.89. The highest BCUT2D eigenvalue weighted by Crippen LogP contribution is 2.48. The molecule has 2 aliphatic rings. The smallest absolute Gasteiger partial charge is 0.186 e. The van der Waals surface area contributed by atoms with Crippen LogP contribution in [0.25, 0.3) is 0 Å². The summed E-state index contributed by atoms with van der Waals surface area (Å²) >= 11 is 9.14. The van der Waals surface area contributed by atoms with Crippen molar-refractivity contribution in [2.45, 2.75) is 32.0 Å². The van der Waals surface area contributed by atoms with Gasteiger partial charge in [0.05, 0.1) is 6.04 Å². The third kappa shape index (κ3) is 2.51. The highest BCUT2D eigenvalue weighted by molar-refractivity contribution is 9.10. The van der Waals surface area contributed by atoms with E-state index in [0.717, 1.165) is 34.9 Å². The lowest BCUT2D eigenvalue weighted by Gasteiger charge is -2.56. The SMILES string of the molecule is COCCCN1C(=S)N[C@H]2c3cc(Br)ccc3O[C@@]1(C)[C@@H]2C. The molecule has 22 heavy (non-hydrogen) atoms. The van der Waals surface area contributed by atoms with Crippen LogP contribution in [0.3, 0.4) is 0 Å². The molecule has 1 saturated heterocycles. The summed E-state index contributed by atoms with van der Waals surface area (Å²) in [6, 6.07) is 6.34. The van der Waals surface area contributed by atoms with Crippen LogP contribution in [0.15, 0.2) is 22.7 Å². The zero-order valence-corrected chi connectivity index (χ0v) is 15.5. The van der Waals surface area contributed by atoms with Crippen LogP contribution in [0.2, 0.25) is 0 Å². The fraction of sp³-hybridized carbons (Fsp3) is 0.562. The first kappa shape index (κ1) is 16.0. The molecule has 0 saturated carbocycles. The largest absolute Gasteiger partial charge is 0.467 e. The normalized spacial score (nSPS) is 29.6. The van der Waals surface area contributed by atoms with Gasteiger partial charge in [-0.15, -0.1) is 0 Å². The number of hydrogen-bond acceptors (Lipinski definition) is 3. The molecule has 2 aliphatic heterocycles. The topological polar surface area (TPSA) is 33.7 Å². The third-order valence-corrected chi connectivity index (χ3v) is 5.59. The molecule has 0 spiro atoms. The van der Waals surface area contributed by atoms with E-state index in [9.17, 15) is 0 Å². The number of rotatable bonds is 4. The average Bonchev–Trinajstić information content (AvgIpc) is 2.47. The van der Waals surface area contributed by atoms with E-state index in [1.165, 1.54) is 5.56 Å². The van der Waals surface area contributed by atoms with Gasteiger partial charge in [-0.2, -0.15) is 0 Å². The predicted octanol–water partition coefficient (Wildman–Crippen LogP) is 3.46. The van der Waals surface area contributed by atoms with Crippen molar-refractivity contribution in [3.63, 3.8) is 0 Å². The summed E-state index contributed by atoms with van der Waals surface area (Å²) in [5, 5.41) is 4.26. The van der Waals surface area contributed by atoms with Gasteiger partial charge in [-0.1, -0.05) is 22.9 Å². The minimum absolute atomic E-state index is 0.178. The number of ether oxygens (including phenoxy) is 2. The van der Waals surface area contributed by atoms with Gasteiger partial charge in [0.2, 0.25) is 0 Å². The van der Waals surface area contributed by atoms with Gasteiger partial charge in [0.25, 0.3) is 0 Å². The van der Waals surface area contributed by atoms with Crippen molar-refractivity contribution in [1.29, 1.82) is 0 Å². The van der Waals surface area contributed by atoms with Gasteiger partial charge in [-0.3, -0.25) is 0 Å². The Balaban J connectivity index is 1.95. The molecule has 0 amide bonds. The first-order valence-corrected chi connectivity index (χ1v) is 8.73. The van der Waals surface area contributed by atoms with E-state index in [1.807, 2.05) is 12.1 Å². The minimum atomic E-state index is -0.429. The van der Waals surface area contributed by atoms with E-state index in [4.69, 9.17) is 21.7 Å². The minimum Gasteiger partial charge on any atom is -0.467 e. The van der Waals surface area contributed by atoms with Crippen molar-refractivity contribution in [3.8, 4) is 5.75 Å². The van der Waals surface area contributed by atoms with Crippen molar-refractivity contribution in [1.82, 2.24) is 10.2 Å². The maximum atomic E-state index is 6.41. The summed E-state index contributed by atoms with van der Waals surface area (Å²) < 4.78 is 12.6. The maximum Gasteiger partial charge on any atom is 0.186 e. The molecule has 0 unspecified atom stereocenters. The van der Waals surface area contributed by atoms with Crippen molar-refractivity contribution >= 4 is 33.3 Å². The molecule has 3 rings (SSSR count). The Morgan fingerprint density at radius 2 is 2.27 bits per heavy atom. The molecule has 6 heteroatoms. The molecule has 1 aromatic rings. The van der Waals surface area contributed by atoms with E-state index in [0.29, 0.717) is 0 Å². The van der Waals surface area contributed by atoms with Gasteiger partial charge >= 0.3 is 0 Å². The number of thiocarbonyl (C=S) groups is 1. The number of nitrogens with one attached hydrogen (secondary N) is 1. The van der Waals surface area contributed by atoms with Crippen LogP contribution >= 0.6 is 28.1 Å². The Bertz CT molecular complexity index is 598. The van der Waals surface area contributed by atoms with E-state index >= 15 is 0 Å². The Morgan fingerprint density at radius 1 is 1.50 bits per heavy atom. The van der Waals surface area contributed by atoms with Crippen LogP contribution < -0.4 is 10.1 Å². The zero-order valence-electron chi connectivity index (χ0n) is 13.1. The second-order valence-corrected chi connectivity index (χ2v) is 7.36. The number of fused-ring (bicyclic) bond motifs is 4. The molecule has 1 N–H and O–H groups in total. The molecule has 0 aromatic heterocycles. The predicted molar refractivity (Wildman–Crippen MR) is 94.0 cm³/mol. The van der Waals surface area contributed by atoms with E-state index < -0.39 is 5.72 Å². The third-order valence-electron chi connectivity index (χ3n) is 4.76. The molecule has 2 heterocycles. The fourth-order valence-electron chi connectivity index (χ4n) is 3.36. The molecule has 1 fully saturated rings. The molecule has 3 atom stereocenters. The molecule has 0 radical (unpaired) electrons. The molecule has 2 bridgehead atoms. The standard InChI is InChI=1S/C16H21BrN2O2S/c1-10-14-12-9-11(17)5-6-13(12)21-16(10,2)19(15(22)18-14)7-4-8-20-3/h5-6,9-10,14H,4,7-8H2,1-3H3,(H,18,22)/t10-,14-,16+/m1/s1. The van der Waals surface area contributed by atoms with E-state index in [-0.39, 0.29) is 12.0 Å². The highest BCUT2D eigenvalue weighted by atomic mass is 79.9. The van der Waals surface area contributed by atoms with Crippen molar-refractivity contribution in [2.24, 2.45) is 5.92 Å². The Labute approximate surface area is 145 Å². The molecular weight excluding hydrogens is 364 g/mol. The average molecular weight is 385 g/mol. The monoisotopic (exact) mass is 384 g/mol. The maximum absolute atomic E-state index is 6.41.